The molecule has 3 aromatic heterocycles. The van der Waals surface area contributed by atoms with Crippen LogP contribution < -0.4 is 4.74 Å². The highest BCUT2D eigenvalue weighted by Gasteiger charge is 2.20. The van der Waals surface area contributed by atoms with Crippen LogP contribution >= 0.6 is 23.6 Å². The Labute approximate surface area is 202 Å². The predicted molar refractivity (Wildman–Crippen MR) is 132 cm³/mol. The fraction of sp³-hybridized carbons (Fsp3) is 0.391. The minimum atomic E-state index is 0.673. The highest BCUT2D eigenvalue weighted by molar-refractivity contribution is 7.71. The number of hydrogen-bond donors (Lipinski definition) is 0. The standard InChI is InChI=1S/C23H27N7OS2/c1-16-12-17(2)30-22(24-16)26-29(23(30)32)15-28-10-8-27(9-11-28)13-19-14-33-21(25-19)18-4-6-20(31-3)7-5-18/h4-7,12,14H,8-11,13,15H2,1-3H3. The third kappa shape index (κ3) is 4.70. The minimum absolute atomic E-state index is 0.673. The van der Waals surface area contributed by atoms with Crippen molar-refractivity contribution in [2.45, 2.75) is 27.1 Å². The molecule has 1 aliphatic rings. The van der Waals surface area contributed by atoms with Gasteiger partial charge in [-0.2, -0.15) is 0 Å². The maximum Gasteiger partial charge on any atom is 0.254 e. The summed E-state index contributed by atoms with van der Waals surface area (Å²) >= 11 is 7.36. The number of methoxy groups -OCH3 is 1. The Morgan fingerprint density at radius 3 is 2.48 bits per heavy atom. The summed E-state index contributed by atoms with van der Waals surface area (Å²) in [4.78, 5) is 14.2. The lowest BCUT2D eigenvalue weighted by Crippen LogP contribution is -2.46. The summed E-state index contributed by atoms with van der Waals surface area (Å²) in [5, 5.41) is 7.86. The van der Waals surface area contributed by atoms with Gasteiger partial charge in [0, 0.05) is 55.1 Å². The molecule has 10 heteroatoms. The quantitative estimate of drug-likeness (QED) is 0.388. The first-order chi connectivity index (χ1) is 16.0. The number of rotatable bonds is 6. The summed E-state index contributed by atoms with van der Waals surface area (Å²) in [6.45, 7) is 9.51. The highest BCUT2D eigenvalue weighted by atomic mass is 32.1. The van der Waals surface area contributed by atoms with E-state index in [2.05, 4.69) is 37.4 Å². The van der Waals surface area contributed by atoms with Gasteiger partial charge in [-0.3, -0.25) is 14.2 Å². The molecule has 8 nitrogen and oxygen atoms in total. The van der Waals surface area contributed by atoms with Crippen molar-refractivity contribution in [3.05, 3.63) is 57.6 Å². The second-order valence-corrected chi connectivity index (χ2v) is 9.59. The first-order valence-electron chi connectivity index (χ1n) is 11.0. The Morgan fingerprint density at radius 2 is 1.76 bits per heavy atom. The molecule has 0 unspecified atom stereocenters. The molecule has 33 heavy (non-hydrogen) atoms. The number of aryl methyl sites for hydroxylation is 2. The van der Waals surface area contributed by atoms with E-state index in [4.69, 9.17) is 21.9 Å². The van der Waals surface area contributed by atoms with Crippen molar-refractivity contribution in [2.24, 2.45) is 0 Å². The van der Waals surface area contributed by atoms with Gasteiger partial charge in [-0.25, -0.2) is 14.6 Å². The lowest BCUT2D eigenvalue weighted by molar-refractivity contribution is 0.0976. The Bertz CT molecular complexity index is 1320. The Balaban J connectivity index is 1.19. The molecule has 0 saturated carbocycles. The zero-order chi connectivity index (χ0) is 22.9. The van der Waals surface area contributed by atoms with Gasteiger partial charge in [-0.05, 0) is 56.4 Å². The van der Waals surface area contributed by atoms with Crippen molar-refractivity contribution in [3.8, 4) is 16.3 Å². The average molecular weight is 482 g/mol. The fourth-order valence-electron chi connectivity index (χ4n) is 4.18. The Morgan fingerprint density at radius 1 is 1.03 bits per heavy atom. The predicted octanol–water partition coefficient (Wildman–Crippen LogP) is 3.78. The van der Waals surface area contributed by atoms with Gasteiger partial charge in [0.2, 0.25) is 4.77 Å². The van der Waals surface area contributed by atoms with Gasteiger partial charge in [0.15, 0.2) is 0 Å². The molecule has 1 saturated heterocycles. The van der Waals surface area contributed by atoms with Crippen LogP contribution in [0.25, 0.3) is 16.3 Å². The maximum atomic E-state index is 5.67. The van der Waals surface area contributed by atoms with Crippen LogP contribution in [0.2, 0.25) is 0 Å². The Kier molecular flexibility index (Phi) is 6.24. The van der Waals surface area contributed by atoms with E-state index in [-0.39, 0.29) is 0 Å². The summed E-state index contributed by atoms with van der Waals surface area (Å²) in [6, 6.07) is 10.1. The van der Waals surface area contributed by atoms with Gasteiger partial charge in [-0.15, -0.1) is 16.4 Å². The number of ether oxygens (including phenoxy) is 1. The normalized spacial score (nSPS) is 15.4. The summed E-state index contributed by atoms with van der Waals surface area (Å²) in [7, 11) is 1.68. The second-order valence-electron chi connectivity index (χ2n) is 8.36. The number of hydrogen-bond acceptors (Lipinski definition) is 8. The van der Waals surface area contributed by atoms with Crippen LogP contribution in [0.3, 0.4) is 0 Å². The van der Waals surface area contributed by atoms with Crippen LogP contribution in [0.4, 0.5) is 0 Å². The van der Waals surface area contributed by atoms with Gasteiger partial charge < -0.3 is 4.74 Å². The van der Waals surface area contributed by atoms with Crippen LogP contribution in [-0.2, 0) is 13.2 Å². The lowest BCUT2D eigenvalue weighted by Gasteiger charge is -2.33. The third-order valence-electron chi connectivity index (χ3n) is 5.94. The molecule has 1 fully saturated rings. The van der Waals surface area contributed by atoms with E-state index in [1.54, 1.807) is 18.4 Å². The number of piperazine rings is 1. The van der Waals surface area contributed by atoms with Gasteiger partial charge in [-0.1, -0.05) is 0 Å². The van der Waals surface area contributed by atoms with Gasteiger partial charge in [0.1, 0.15) is 10.8 Å². The molecule has 0 radical (unpaired) electrons. The molecule has 0 atom stereocenters. The molecule has 172 valence electrons. The molecule has 4 heterocycles. The molecule has 0 bridgehead atoms. The summed E-state index contributed by atoms with van der Waals surface area (Å²) in [6.07, 6.45) is 0. The van der Waals surface area contributed by atoms with Crippen molar-refractivity contribution in [3.63, 3.8) is 0 Å². The number of aromatic nitrogens is 5. The third-order valence-corrected chi connectivity index (χ3v) is 7.28. The van der Waals surface area contributed by atoms with Crippen LogP contribution in [-0.4, -0.2) is 67.2 Å². The SMILES string of the molecule is COc1ccc(-c2nc(CN3CCN(Cn4nc5nc(C)cc(C)n5c4=S)CC3)cs2)cc1. The maximum absolute atomic E-state index is 5.67. The summed E-state index contributed by atoms with van der Waals surface area (Å²) in [5.41, 5.74) is 4.27. The van der Waals surface area contributed by atoms with Crippen LogP contribution in [0.1, 0.15) is 17.1 Å². The average Bonchev–Trinajstić information content (AvgIpc) is 3.39. The van der Waals surface area contributed by atoms with Gasteiger partial charge >= 0.3 is 0 Å². The topological polar surface area (TPSA) is 63.7 Å². The summed E-state index contributed by atoms with van der Waals surface area (Å²) < 4.78 is 9.78. The molecule has 0 aliphatic carbocycles. The van der Waals surface area contributed by atoms with Crippen molar-refractivity contribution in [1.82, 2.24) is 33.9 Å². The lowest BCUT2D eigenvalue weighted by atomic mass is 10.2. The van der Waals surface area contributed by atoms with E-state index < -0.39 is 0 Å². The number of benzene rings is 1. The monoisotopic (exact) mass is 481 g/mol. The van der Waals surface area contributed by atoms with E-state index in [1.807, 2.05) is 41.1 Å². The molecule has 4 aromatic rings. The molecular formula is C23H27N7OS2. The first-order valence-corrected chi connectivity index (χ1v) is 12.3. The van der Waals surface area contributed by atoms with Crippen LogP contribution in [0.15, 0.2) is 35.7 Å². The van der Waals surface area contributed by atoms with Gasteiger partial charge in [0.25, 0.3) is 5.78 Å². The van der Waals surface area contributed by atoms with Crippen LogP contribution in [0, 0.1) is 18.6 Å². The molecule has 0 N–H and O–H groups in total. The molecular weight excluding hydrogens is 454 g/mol. The first kappa shape index (κ1) is 22.1. The molecule has 5 rings (SSSR count). The summed E-state index contributed by atoms with van der Waals surface area (Å²) in [5.74, 6) is 1.53. The zero-order valence-corrected chi connectivity index (χ0v) is 20.7. The van der Waals surface area contributed by atoms with Crippen molar-refractivity contribution in [1.29, 1.82) is 0 Å². The van der Waals surface area contributed by atoms with E-state index in [0.717, 1.165) is 66.1 Å². The van der Waals surface area contributed by atoms with Crippen molar-refractivity contribution >= 4 is 29.3 Å². The smallest absolute Gasteiger partial charge is 0.254 e. The number of fused-ring (bicyclic) bond motifs is 1. The van der Waals surface area contributed by atoms with Gasteiger partial charge in [0.05, 0.1) is 19.5 Å². The van der Waals surface area contributed by atoms with Crippen molar-refractivity contribution < 1.29 is 4.74 Å². The van der Waals surface area contributed by atoms with E-state index >= 15 is 0 Å². The molecule has 1 aromatic carbocycles. The molecule has 0 amide bonds. The van der Waals surface area contributed by atoms with Crippen molar-refractivity contribution in [2.75, 3.05) is 33.3 Å². The van der Waals surface area contributed by atoms with E-state index in [9.17, 15) is 0 Å². The molecule has 0 spiro atoms. The number of thiazole rings is 1. The highest BCUT2D eigenvalue weighted by Crippen LogP contribution is 2.26. The zero-order valence-electron chi connectivity index (χ0n) is 19.1. The number of nitrogens with zero attached hydrogens (tertiary/aromatic N) is 7. The molecule has 1 aliphatic heterocycles. The minimum Gasteiger partial charge on any atom is -0.497 e. The van der Waals surface area contributed by atoms with E-state index in [0.29, 0.717) is 17.2 Å². The largest absolute Gasteiger partial charge is 0.497 e. The van der Waals surface area contributed by atoms with Crippen LogP contribution in [0.5, 0.6) is 5.75 Å². The fourth-order valence-corrected chi connectivity index (χ4v) is 5.32. The van der Waals surface area contributed by atoms with E-state index in [1.165, 1.54) is 0 Å². The Hall–Kier alpha value is -2.66. The second kappa shape index (κ2) is 9.30.